The number of piperidine rings is 1. The standard InChI is InChI=1S/C13H22N4O/c1-11(14)12-4-2-7-16(10-12)13(18)5-9-17-8-3-6-15-17/h3,6,8,11-12H,2,4-5,7,9-10,14H2,1H3. The number of carbonyl (C=O) groups excluding carboxylic acids is 1. The number of nitrogens with zero attached hydrogens (tertiary/aromatic N) is 3. The molecule has 2 unspecified atom stereocenters. The summed E-state index contributed by atoms with van der Waals surface area (Å²) < 4.78 is 1.80. The van der Waals surface area contributed by atoms with Crippen LogP contribution in [0.2, 0.25) is 0 Å². The molecule has 5 nitrogen and oxygen atoms in total. The molecule has 2 heterocycles. The van der Waals surface area contributed by atoms with E-state index in [1.165, 1.54) is 0 Å². The first-order valence-electron chi connectivity index (χ1n) is 6.67. The fourth-order valence-corrected chi connectivity index (χ4v) is 2.47. The van der Waals surface area contributed by atoms with Crippen LogP contribution in [0, 0.1) is 5.92 Å². The molecule has 0 saturated carbocycles. The smallest absolute Gasteiger partial charge is 0.224 e. The molecular formula is C13H22N4O. The second-order valence-corrected chi connectivity index (χ2v) is 5.12. The summed E-state index contributed by atoms with van der Waals surface area (Å²) in [6, 6.07) is 2.05. The maximum absolute atomic E-state index is 12.1. The monoisotopic (exact) mass is 250 g/mol. The van der Waals surface area contributed by atoms with E-state index in [0.29, 0.717) is 18.9 Å². The molecule has 1 amide bonds. The fraction of sp³-hybridized carbons (Fsp3) is 0.692. The normalized spacial score (nSPS) is 21.9. The average molecular weight is 250 g/mol. The minimum absolute atomic E-state index is 0.173. The van der Waals surface area contributed by atoms with Crippen LogP contribution in [0.4, 0.5) is 0 Å². The first-order valence-corrected chi connectivity index (χ1v) is 6.67. The van der Waals surface area contributed by atoms with Crippen LogP contribution >= 0.6 is 0 Å². The van der Waals surface area contributed by atoms with Crippen LogP contribution in [-0.4, -0.2) is 39.7 Å². The molecule has 1 aromatic rings. The maximum atomic E-state index is 12.1. The second-order valence-electron chi connectivity index (χ2n) is 5.12. The van der Waals surface area contributed by atoms with Gasteiger partial charge in [-0.05, 0) is 31.7 Å². The third-order valence-electron chi connectivity index (χ3n) is 3.67. The average Bonchev–Trinajstić information content (AvgIpc) is 2.89. The molecule has 0 radical (unpaired) electrons. The molecule has 2 N–H and O–H groups in total. The maximum Gasteiger partial charge on any atom is 0.224 e. The van der Waals surface area contributed by atoms with Crippen LogP contribution in [0.1, 0.15) is 26.2 Å². The topological polar surface area (TPSA) is 64.2 Å². The largest absolute Gasteiger partial charge is 0.342 e. The van der Waals surface area contributed by atoms with Gasteiger partial charge in [-0.25, -0.2) is 0 Å². The zero-order chi connectivity index (χ0) is 13.0. The molecule has 1 saturated heterocycles. The van der Waals surface area contributed by atoms with Crippen LogP contribution in [0.3, 0.4) is 0 Å². The third-order valence-corrected chi connectivity index (χ3v) is 3.67. The Bertz CT molecular complexity index is 374. The van der Waals surface area contributed by atoms with Crippen molar-refractivity contribution in [2.24, 2.45) is 11.7 Å². The van der Waals surface area contributed by atoms with Gasteiger partial charge in [0.25, 0.3) is 0 Å². The van der Waals surface area contributed by atoms with Crippen molar-refractivity contribution in [2.75, 3.05) is 13.1 Å². The van der Waals surface area contributed by atoms with E-state index in [-0.39, 0.29) is 11.9 Å². The van der Waals surface area contributed by atoms with Crippen LogP contribution < -0.4 is 5.73 Å². The molecule has 0 aromatic carbocycles. The van der Waals surface area contributed by atoms with E-state index in [1.807, 2.05) is 24.1 Å². The van der Waals surface area contributed by atoms with Crippen LogP contribution in [0.15, 0.2) is 18.5 Å². The minimum Gasteiger partial charge on any atom is -0.342 e. The Morgan fingerprint density at radius 1 is 1.61 bits per heavy atom. The van der Waals surface area contributed by atoms with Gasteiger partial charge in [-0.3, -0.25) is 9.48 Å². The number of amides is 1. The number of hydrogen-bond acceptors (Lipinski definition) is 3. The first-order chi connectivity index (χ1) is 8.66. The van der Waals surface area contributed by atoms with Gasteiger partial charge in [-0.15, -0.1) is 0 Å². The molecule has 18 heavy (non-hydrogen) atoms. The Morgan fingerprint density at radius 3 is 3.11 bits per heavy atom. The highest BCUT2D eigenvalue weighted by atomic mass is 16.2. The predicted octanol–water partition coefficient (Wildman–Crippen LogP) is 0.859. The molecular weight excluding hydrogens is 228 g/mol. The van der Waals surface area contributed by atoms with Crippen LogP contribution in [-0.2, 0) is 11.3 Å². The fourth-order valence-electron chi connectivity index (χ4n) is 2.47. The van der Waals surface area contributed by atoms with E-state index in [2.05, 4.69) is 5.10 Å². The van der Waals surface area contributed by atoms with Crippen molar-refractivity contribution >= 4 is 5.91 Å². The summed E-state index contributed by atoms with van der Waals surface area (Å²) in [6.07, 6.45) is 6.35. The van der Waals surface area contributed by atoms with Gasteiger partial charge in [-0.2, -0.15) is 5.10 Å². The molecule has 0 bridgehead atoms. The number of carbonyl (C=O) groups is 1. The second kappa shape index (κ2) is 6.00. The molecule has 1 fully saturated rings. The Morgan fingerprint density at radius 2 is 2.44 bits per heavy atom. The van der Waals surface area contributed by atoms with Crippen molar-refractivity contribution in [1.82, 2.24) is 14.7 Å². The SMILES string of the molecule is CC(N)C1CCCN(C(=O)CCn2cccn2)C1. The molecule has 2 atom stereocenters. The highest BCUT2D eigenvalue weighted by molar-refractivity contribution is 5.76. The molecule has 100 valence electrons. The quantitative estimate of drug-likeness (QED) is 0.862. The van der Waals surface area contributed by atoms with Gasteiger partial charge in [0, 0.05) is 44.5 Å². The summed E-state index contributed by atoms with van der Waals surface area (Å²) in [5.74, 6) is 0.670. The number of aromatic nitrogens is 2. The lowest BCUT2D eigenvalue weighted by Crippen LogP contribution is -2.45. The summed E-state index contributed by atoms with van der Waals surface area (Å²) in [6.45, 7) is 4.38. The lowest BCUT2D eigenvalue weighted by Gasteiger charge is -2.34. The Kier molecular flexibility index (Phi) is 4.36. The molecule has 1 aliphatic rings. The molecule has 5 heteroatoms. The zero-order valence-electron chi connectivity index (χ0n) is 11.0. The molecule has 0 spiro atoms. The van der Waals surface area contributed by atoms with E-state index in [0.717, 1.165) is 25.9 Å². The van der Waals surface area contributed by atoms with Crippen LogP contribution in [0.5, 0.6) is 0 Å². The van der Waals surface area contributed by atoms with E-state index in [9.17, 15) is 4.79 Å². The van der Waals surface area contributed by atoms with E-state index < -0.39 is 0 Å². The summed E-state index contributed by atoms with van der Waals surface area (Å²) in [7, 11) is 0. The Labute approximate surface area is 108 Å². The van der Waals surface area contributed by atoms with Crippen molar-refractivity contribution in [3.63, 3.8) is 0 Å². The van der Waals surface area contributed by atoms with Crippen molar-refractivity contribution in [2.45, 2.75) is 38.8 Å². The number of hydrogen-bond donors (Lipinski definition) is 1. The summed E-state index contributed by atoms with van der Waals surface area (Å²) >= 11 is 0. The highest BCUT2D eigenvalue weighted by Crippen LogP contribution is 2.19. The van der Waals surface area contributed by atoms with E-state index in [1.54, 1.807) is 10.9 Å². The van der Waals surface area contributed by atoms with Crippen LogP contribution in [0.25, 0.3) is 0 Å². The Hall–Kier alpha value is -1.36. The number of likely N-dealkylation sites (tertiary alicyclic amines) is 1. The van der Waals surface area contributed by atoms with Gasteiger partial charge in [0.15, 0.2) is 0 Å². The van der Waals surface area contributed by atoms with Crippen molar-refractivity contribution in [1.29, 1.82) is 0 Å². The summed E-state index contributed by atoms with van der Waals surface area (Å²) in [5, 5.41) is 4.10. The summed E-state index contributed by atoms with van der Waals surface area (Å²) in [4.78, 5) is 14.1. The third kappa shape index (κ3) is 3.32. The number of aryl methyl sites for hydroxylation is 1. The lowest BCUT2D eigenvalue weighted by molar-refractivity contribution is -0.133. The van der Waals surface area contributed by atoms with Gasteiger partial charge in [0.1, 0.15) is 0 Å². The zero-order valence-corrected chi connectivity index (χ0v) is 11.0. The van der Waals surface area contributed by atoms with Crippen molar-refractivity contribution in [3.05, 3.63) is 18.5 Å². The van der Waals surface area contributed by atoms with Crippen molar-refractivity contribution < 1.29 is 4.79 Å². The van der Waals surface area contributed by atoms with Gasteiger partial charge in [0.2, 0.25) is 5.91 Å². The molecule has 1 aliphatic heterocycles. The minimum atomic E-state index is 0.173. The van der Waals surface area contributed by atoms with Gasteiger partial charge < -0.3 is 10.6 Å². The van der Waals surface area contributed by atoms with Crippen molar-refractivity contribution in [3.8, 4) is 0 Å². The van der Waals surface area contributed by atoms with Gasteiger partial charge >= 0.3 is 0 Å². The molecule has 1 aromatic heterocycles. The predicted molar refractivity (Wildman–Crippen MR) is 69.8 cm³/mol. The number of rotatable bonds is 4. The highest BCUT2D eigenvalue weighted by Gasteiger charge is 2.25. The molecule has 2 rings (SSSR count). The van der Waals surface area contributed by atoms with E-state index >= 15 is 0 Å². The summed E-state index contributed by atoms with van der Waals surface area (Å²) in [5.41, 5.74) is 5.93. The molecule has 0 aliphatic carbocycles. The van der Waals surface area contributed by atoms with Gasteiger partial charge in [-0.1, -0.05) is 0 Å². The lowest BCUT2D eigenvalue weighted by atomic mass is 9.92. The first kappa shape index (κ1) is 13.1. The number of nitrogens with two attached hydrogens (primary N) is 1. The van der Waals surface area contributed by atoms with Gasteiger partial charge in [0.05, 0.1) is 0 Å². The Balaban J connectivity index is 1.81. The van der Waals surface area contributed by atoms with E-state index in [4.69, 9.17) is 5.73 Å².